The van der Waals surface area contributed by atoms with Crippen molar-refractivity contribution < 1.29 is 14.3 Å². The molecule has 0 atom stereocenters. The summed E-state index contributed by atoms with van der Waals surface area (Å²) in [6.07, 6.45) is 1.29. The summed E-state index contributed by atoms with van der Waals surface area (Å²) < 4.78 is 10.5. The van der Waals surface area contributed by atoms with Crippen LogP contribution < -0.4 is 10.1 Å². The lowest BCUT2D eigenvalue weighted by molar-refractivity contribution is 0.187. The van der Waals surface area contributed by atoms with Gasteiger partial charge >= 0.3 is 6.09 Å². The number of nitrogens with one attached hydrogen (secondary N) is 1. The monoisotopic (exact) mass is 322 g/mol. The van der Waals surface area contributed by atoms with E-state index in [2.05, 4.69) is 15.0 Å². The molecule has 5 heteroatoms. The van der Waals surface area contributed by atoms with Crippen molar-refractivity contribution in [2.24, 2.45) is 0 Å². The van der Waals surface area contributed by atoms with Crippen molar-refractivity contribution in [1.82, 2.24) is 4.98 Å². The topological polar surface area (TPSA) is 60.5 Å². The molecule has 122 valence electrons. The van der Waals surface area contributed by atoms with E-state index in [-0.39, 0.29) is 0 Å². The van der Waals surface area contributed by atoms with Crippen molar-refractivity contribution in [2.45, 2.75) is 13.5 Å². The van der Waals surface area contributed by atoms with E-state index in [9.17, 15) is 4.79 Å². The standard InChI is InChI=1S/C19H18N2O3/c1-13-11-16(8-9-17(13)21-19(22)23-2)24-12-15-6-3-5-14-7-4-10-20-18(14)15/h3-11H,12H2,1-2H3,(H,21,22). The number of hydrogen-bond acceptors (Lipinski definition) is 4. The van der Waals surface area contributed by atoms with Crippen LogP contribution >= 0.6 is 0 Å². The van der Waals surface area contributed by atoms with Crippen molar-refractivity contribution in [3.63, 3.8) is 0 Å². The van der Waals surface area contributed by atoms with Gasteiger partial charge in [-0.15, -0.1) is 0 Å². The van der Waals surface area contributed by atoms with Crippen molar-refractivity contribution in [3.05, 3.63) is 65.9 Å². The number of carbonyl (C=O) groups excluding carboxylic acids is 1. The quantitative estimate of drug-likeness (QED) is 0.778. The van der Waals surface area contributed by atoms with E-state index >= 15 is 0 Å². The van der Waals surface area contributed by atoms with Crippen molar-refractivity contribution >= 4 is 22.7 Å². The summed E-state index contributed by atoms with van der Waals surface area (Å²) in [5.74, 6) is 0.732. The van der Waals surface area contributed by atoms with Gasteiger partial charge in [0, 0.05) is 22.8 Å². The molecule has 1 heterocycles. The number of rotatable bonds is 4. The highest BCUT2D eigenvalue weighted by atomic mass is 16.5. The van der Waals surface area contributed by atoms with Gasteiger partial charge < -0.3 is 9.47 Å². The molecule has 1 N–H and O–H groups in total. The lowest BCUT2D eigenvalue weighted by atomic mass is 10.1. The van der Waals surface area contributed by atoms with Crippen molar-refractivity contribution in [3.8, 4) is 5.75 Å². The van der Waals surface area contributed by atoms with E-state index in [0.717, 1.165) is 27.8 Å². The van der Waals surface area contributed by atoms with Crippen LogP contribution in [0.1, 0.15) is 11.1 Å². The number of benzene rings is 2. The number of methoxy groups -OCH3 is 1. The molecule has 1 aromatic heterocycles. The van der Waals surface area contributed by atoms with Gasteiger partial charge in [-0.3, -0.25) is 10.3 Å². The van der Waals surface area contributed by atoms with Gasteiger partial charge in [0.1, 0.15) is 12.4 Å². The molecule has 24 heavy (non-hydrogen) atoms. The first-order valence-corrected chi connectivity index (χ1v) is 7.58. The van der Waals surface area contributed by atoms with E-state index in [0.29, 0.717) is 12.3 Å². The number of amides is 1. The van der Waals surface area contributed by atoms with E-state index in [1.165, 1.54) is 7.11 Å². The highest BCUT2D eigenvalue weighted by Crippen LogP contribution is 2.23. The Kier molecular flexibility index (Phi) is 4.61. The molecule has 3 aromatic rings. The van der Waals surface area contributed by atoms with Gasteiger partial charge in [-0.05, 0) is 36.8 Å². The molecule has 0 bridgehead atoms. The van der Waals surface area contributed by atoms with Crippen molar-refractivity contribution in [1.29, 1.82) is 0 Å². The Balaban J connectivity index is 1.74. The molecule has 0 unspecified atom stereocenters. The highest BCUT2D eigenvalue weighted by Gasteiger charge is 2.07. The number of aryl methyl sites for hydroxylation is 1. The van der Waals surface area contributed by atoms with E-state index in [1.54, 1.807) is 12.3 Å². The predicted octanol–water partition coefficient (Wildman–Crippen LogP) is 4.30. The molecule has 5 nitrogen and oxygen atoms in total. The van der Waals surface area contributed by atoms with Gasteiger partial charge in [-0.1, -0.05) is 24.3 Å². The normalized spacial score (nSPS) is 10.4. The Morgan fingerprint density at radius 3 is 2.79 bits per heavy atom. The SMILES string of the molecule is COC(=O)Nc1ccc(OCc2cccc3cccnc23)cc1C. The van der Waals surface area contributed by atoms with Crippen LogP contribution in [0.25, 0.3) is 10.9 Å². The third kappa shape index (κ3) is 3.46. The van der Waals surface area contributed by atoms with Gasteiger partial charge in [0.25, 0.3) is 0 Å². The minimum absolute atomic E-state index is 0.428. The average molecular weight is 322 g/mol. The lowest BCUT2D eigenvalue weighted by Gasteiger charge is -2.11. The van der Waals surface area contributed by atoms with Gasteiger partial charge in [0.15, 0.2) is 0 Å². The molecule has 0 aliphatic heterocycles. The fraction of sp³-hybridized carbons (Fsp3) is 0.158. The van der Waals surface area contributed by atoms with Crippen LogP contribution in [0.2, 0.25) is 0 Å². The number of hydrogen-bond donors (Lipinski definition) is 1. The molecule has 2 aromatic carbocycles. The average Bonchev–Trinajstić information content (AvgIpc) is 2.61. The molecule has 0 saturated carbocycles. The maximum Gasteiger partial charge on any atom is 0.411 e. The third-order valence-corrected chi connectivity index (χ3v) is 3.73. The summed E-state index contributed by atoms with van der Waals surface area (Å²) in [5, 5.41) is 3.75. The Morgan fingerprint density at radius 1 is 1.17 bits per heavy atom. The number of ether oxygens (including phenoxy) is 2. The summed E-state index contributed by atoms with van der Waals surface area (Å²) in [5.41, 5.74) is 3.57. The lowest BCUT2D eigenvalue weighted by Crippen LogP contribution is -2.11. The first kappa shape index (κ1) is 15.8. The van der Waals surface area contributed by atoms with Crippen LogP contribution in [-0.4, -0.2) is 18.2 Å². The number of carbonyl (C=O) groups is 1. The fourth-order valence-corrected chi connectivity index (χ4v) is 2.47. The van der Waals surface area contributed by atoms with Gasteiger partial charge in [-0.25, -0.2) is 4.79 Å². The second-order valence-corrected chi connectivity index (χ2v) is 5.37. The van der Waals surface area contributed by atoms with Crippen LogP contribution in [0.5, 0.6) is 5.75 Å². The van der Waals surface area contributed by atoms with Gasteiger partial charge in [0.2, 0.25) is 0 Å². The number of pyridine rings is 1. The first-order valence-electron chi connectivity index (χ1n) is 7.58. The summed E-state index contributed by atoms with van der Waals surface area (Å²) in [4.78, 5) is 15.7. The molecule has 3 rings (SSSR count). The van der Waals surface area contributed by atoms with Gasteiger partial charge in [-0.2, -0.15) is 0 Å². The molecule has 0 spiro atoms. The summed E-state index contributed by atoms with van der Waals surface area (Å²) in [6, 6.07) is 15.5. The van der Waals surface area contributed by atoms with Crippen molar-refractivity contribution in [2.75, 3.05) is 12.4 Å². The fourth-order valence-electron chi connectivity index (χ4n) is 2.47. The number of para-hydroxylation sites is 1. The van der Waals surface area contributed by atoms with E-state index < -0.39 is 6.09 Å². The molecular formula is C19H18N2O3. The highest BCUT2D eigenvalue weighted by molar-refractivity contribution is 5.85. The molecule has 0 radical (unpaired) electrons. The zero-order valence-corrected chi connectivity index (χ0v) is 13.6. The zero-order chi connectivity index (χ0) is 16.9. The molecule has 1 amide bonds. The molecular weight excluding hydrogens is 304 g/mol. The minimum Gasteiger partial charge on any atom is -0.489 e. The second kappa shape index (κ2) is 7.00. The maximum atomic E-state index is 11.3. The number of fused-ring (bicyclic) bond motifs is 1. The van der Waals surface area contributed by atoms with Crippen LogP contribution in [-0.2, 0) is 11.3 Å². The molecule has 0 aliphatic rings. The number of aromatic nitrogens is 1. The molecule has 0 saturated heterocycles. The van der Waals surface area contributed by atoms with Crippen LogP contribution in [0, 0.1) is 6.92 Å². The molecule has 0 fully saturated rings. The summed E-state index contributed by atoms with van der Waals surface area (Å²) in [6.45, 7) is 2.33. The Hall–Kier alpha value is -3.08. The predicted molar refractivity (Wildman–Crippen MR) is 93.3 cm³/mol. The second-order valence-electron chi connectivity index (χ2n) is 5.37. The molecule has 0 aliphatic carbocycles. The first-order chi connectivity index (χ1) is 11.7. The van der Waals surface area contributed by atoms with Crippen LogP contribution in [0.15, 0.2) is 54.7 Å². The smallest absolute Gasteiger partial charge is 0.411 e. The van der Waals surface area contributed by atoms with Crippen LogP contribution in [0.3, 0.4) is 0 Å². The summed E-state index contributed by atoms with van der Waals surface area (Å²) >= 11 is 0. The van der Waals surface area contributed by atoms with Gasteiger partial charge in [0.05, 0.1) is 12.6 Å². The van der Waals surface area contributed by atoms with E-state index in [1.807, 2.05) is 49.4 Å². The maximum absolute atomic E-state index is 11.3. The minimum atomic E-state index is -0.492. The Morgan fingerprint density at radius 2 is 2.00 bits per heavy atom. The number of anilines is 1. The Labute approximate surface area is 140 Å². The largest absolute Gasteiger partial charge is 0.489 e. The van der Waals surface area contributed by atoms with Crippen LogP contribution in [0.4, 0.5) is 10.5 Å². The summed E-state index contributed by atoms with van der Waals surface area (Å²) in [7, 11) is 1.33. The Bertz CT molecular complexity index is 872. The van der Waals surface area contributed by atoms with E-state index in [4.69, 9.17) is 4.74 Å². The number of nitrogens with zero attached hydrogens (tertiary/aromatic N) is 1. The third-order valence-electron chi connectivity index (χ3n) is 3.73. The zero-order valence-electron chi connectivity index (χ0n) is 13.6.